The first-order valence-corrected chi connectivity index (χ1v) is 7.01. The lowest BCUT2D eigenvalue weighted by atomic mass is 10.1. The summed E-state index contributed by atoms with van der Waals surface area (Å²) in [5.41, 5.74) is 5.33. The number of carbonyl (C=O) groups is 1. The van der Waals surface area contributed by atoms with Crippen LogP contribution in [-0.2, 0) is 11.2 Å². The summed E-state index contributed by atoms with van der Waals surface area (Å²) in [5.74, 6) is 0.143. The Labute approximate surface area is 121 Å². The van der Waals surface area contributed by atoms with Crippen molar-refractivity contribution < 1.29 is 4.79 Å². The van der Waals surface area contributed by atoms with E-state index in [1.807, 2.05) is 23.7 Å². The van der Waals surface area contributed by atoms with Crippen LogP contribution in [0, 0.1) is 20.8 Å². The van der Waals surface area contributed by atoms with Crippen molar-refractivity contribution in [3.63, 3.8) is 0 Å². The van der Waals surface area contributed by atoms with Gasteiger partial charge in [-0.2, -0.15) is 5.10 Å². The molecule has 0 atom stereocenters. The van der Waals surface area contributed by atoms with Gasteiger partial charge in [0.1, 0.15) is 10.4 Å². The Hall–Kier alpha value is -1.42. The van der Waals surface area contributed by atoms with Crippen LogP contribution in [-0.4, -0.2) is 15.6 Å². The molecule has 0 radical (unpaired) electrons. The Morgan fingerprint density at radius 2 is 2.00 bits per heavy atom. The first-order chi connectivity index (χ1) is 8.91. The molecule has 0 saturated heterocycles. The number of Topliss-reactive ketones (excluding diaryl/α,β-unsaturated/α-hetero) is 1. The van der Waals surface area contributed by atoms with Crippen LogP contribution in [0.5, 0.6) is 0 Å². The highest BCUT2D eigenvalue weighted by atomic mass is 79.9. The number of nitrogens with zero attached hydrogens (tertiary/aromatic N) is 2. The van der Waals surface area contributed by atoms with Crippen LogP contribution in [0.1, 0.15) is 29.3 Å². The minimum absolute atomic E-state index is 0.143. The van der Waals surface area contributed by atoms with Gasteiger partial charge in [-0.3, -0.25) is 4.79 Å². The van der Waals surface area contributed by atoms with Crippen molar-refractivity contribution in [3.8, 4) is 5.69 Å². The van der Waals surface area contributed by atoms with E-state index in [0.717, 1.165) is 21.5 Å². The van der Waals surface area contributed by atoms with Crippen molar-refractivity contribution in [1.82, 2.24) is 9.78 Å². The molecule has 3 nitrogen and oxygen atoms in total. The van der Waals surface area contributed by atoms with Crippen LogP contribution < -0.4 is 0 Å². The lowest BCUT2D eigenvalue weighted by Gasteiger charge is -2.09. The summed E-state index contributed by atoms with van der Waals surface area (Å²) in [7, 11) is 0. The van der Waals surface area contributed by atoms with Crippen LogP contribution >= 0.6 is 15.9 Å². The van der Waals surface area contributed by atoms with Crippen molar-refractivity contribution in [1.29, 1.82) is 0 Å². The van der Waals surface area contributed by atoms with Gasteiger partial charge < -0.3 is 0 Å². The predicted molar refractivity (Wildman–Crippen MR) is 79.9 cm³/mol. The summed E-state index contributed by atoms with van der Waals surface area (Å²) in [6.07, 6.45) is 0.414. The zero-order chi connectivity index (χ0) is 14.2. The molecule has 0 aliphatic rings. The van der Waals surface area contributed by atoms with Gasteiger partial charge in [-0.15, -0.1) is 0 Å². The van der Waals surface area contributed by atoms with Gasteiger partial charge in [0.25, 0.3) is 0 Å². The highest BCUT2D eigenvalue weighted by Gasteiger charge is 2.16. The molecule has 2 rings (SSSR count). The van der Waals surface area contributed by atoms with Crippen LogP contribution in [0.25, 0.3) is 5.69 Å². The number of aryl methyl sites for hydroxylation is 2. The van der Waals surface area contributed by atoms with E-state index < -0.39 is 0 Å². The molecule has 2 aromatic rings. The maximum Gasteiger partial charge on any atom is 0.134 e. The van der Waals surface area contributed by atoms with Gasteiger partial charge >= 0.3 is 0 Å². The van der Waals surface area contributed by atoms with E-state index in [0.29, 0.717) is 6.42 Å². The van der Waals surface area contributed by atoms with E-state index in [2.05, 4.69) is 40.9 Å². The summed E-state index contributed by atoms with van der Waals surface area (Å²) in [5, 5.41) is 4.55. The zero-order valence-electron chi connectivity index (χ0n) is 11.6. The SMILES string of the molecule is CC(=O)Cc1c(C)nn(-c2cccc(C)c2C)c1Br. The summed E-state index contributed by atoms with van der Waals surface area (Å²) in [6.45, 7) is 7.70. The first kappa shape index (κ1) is 14.0. The molecule has 1 heterocycles. The lowest BCUT2D eigenvalue weighted by molar-refractivity contribution is -0.116. The fourth-order valence-electron chi connectivity index (χ4n) is 2.11. The number of hydrogen-bond donors (Lipinski definition) is 0. The molecule has 0 bridgehead atoms. The van der Waals surface area contributed by atoms with Gasteiger partial charge in [0.2, 0.25) is 0 Å². The smallest absolute Gasteiger partial charge is 0.134 e. The van der Waals surface area contributed by atoms with Crippen molar-refractivity contribution >= 4 is 21.7 Å². The summed E-state index contributed by atoms with van der Waals surface area (Å²) >= 11 is 3.57. The number of hydrogen-bond acceptors (Lipinski definition) is 2. The first-order valence-electron chi connectivity index (χ1n) is 6.22. The second-order valence-electron chi connectivity index (χ2n) is 4.86. The van der Waals surface area contributed by atoms with Crippen LogP contribution in [0.4, 0.5) is 0 Å². The third kappa shape index (κ3) is 2.63. The van der Waals surface area contributed by atoms with Crippen molar-refractivity contribution in [2.24, 2.45) is 0 Å². The third-order valence-electron chi connectivity index (χ3n) is 3.35. The number of carbonyl (C=O) groups excluding carboxylic acids is 1. The highest BCUT2D eigenvalue weighted by molar-refractivity contribution is 9.10. The van der Waals surface area contributed by atoms with E-state index in [9.17, 15) is 4.79 Å². The van der Waals surface area contributed by atoms with Crippen molar-refractivity contribution in [3.05, 3.63) is 45.2 Å². The van der Waals surface area contributed by atoms with Crippen LogP contribution in [0.2, 0.25) is 0 Å². The van der Waals surface area contributed by atoms with Gasteiger partial charge in [-0.05, 0) is 60.8 Å². The Balaban J connectivity index is 2.58. The van der Waals surface area contributed by atoms with Crippen molar-refractivity contribution in [2.45, 2.75) is 34.1 Å². The van der Waals surface area contributed by atoms with E-state index in [1.54, 1.807) is 6.92 Å². The molecule has 1 aromatic carbocycles. The molecular weight excluding hydrogens is 304 g/mol. The number of ketones is 1. The average Bonchev–Trinajstić information content (AvgIpc) is 2.60. The van der Waals surface area contributed by atoms with E-state index in [1.165, 1.54) is 11.1 Å². The number of aromatic nitrogens is 2. The Bertz CT molecular complexity index is 644. The predicted octanol–water partition coefficient (Wildman–Crippen LogP) is 3.69. The van der Waals surface area contributed by atoms with E-state index in [4.69, 9.17) is 0 Å². The lowest BCUT2D eigenvalue weighted by Crippen LogP contribution is -2.01. The molecule has 0 saturated carbocycles. The summed E-state index contributed by atoms with van der Waals surface area (Å²) in [6, 6.07) is 6.14. The molecule has 0 aliphatic carbocycles. The van der Waals surface area contributed by atoms with E-state index in [-0.39, 0.29) is 5.78 Å². The Morgan fingerprint density at radius 1 is 1.32 bits per heavy atom. The third-order valence-corrected chi connectivity index (χ3v) is 4.17. The second kappa shape index (κ2) is 5.29. The average molecular weight is 321 g/mol. The molecule has 4 heteroatoms. The molecule has 0 fully saturated rings. The number of benzene rings is 1. The molecule has 0 N–H and O–H groups in total. The quantitative estimate of drug-likeness (QED) is 0.864. The summed E-state index contributed by atoms with van der Waals surface area (Å²) in [4.78, 5) is 11.3. The van der Waals surface area contributed by atoms with Crippen molar-refractivity contribution in [2.75, 3.05) is 0 Å². The maximum atomic E-state index is 11.3. The van der Waals surface area contributed by atoms with Crippen LogP contribution in [0.15, 0.2) is 22.8 Å². The molecule has 0 aliphatic heterocycles. The number of rotatable bonds is 3. The highest BCUT2D eigenvalue weighted by Crippen LogP contribution is 2.27. The molecule has 1 aromatic heterocycles. The minimum atomic E-state index is 0.143. The van der Waals surface area contributed by atoms with Gasteiger partial charge in [0, 0.05) is 12.0 Å². The fourth-order valence-corrected chi connectivity index (χ4v) is 2.80. The topological polar surface area (TPSA) is 34.9 Å². The Morgan fingerprint density at radius 3 is 2.63 bits per heavy atom. The van der Waals surface area contributed by atoms with Gasteiger partial charge in [0.05, 0.1) is 11.4 Å². The monoisotopic (exact) mass is 320 g/mol. The largest absolute Gasteiger partial charge is 0.300 e. The normalized spacial score (nSPS) is 10.8. The van der Waals surface area contributed by atoms with Gasteiger partial charge in [-0.25, -0.2) is 4.68 Å². The number of halogens is 1. The van der Waals surface area contributed by atoms with Crippen LogP contribution in [0.3, 0.4) is 0 Å². The van der Waals surface area contributed by atoms with E-state index >= 15 is 0 Å². The maximum absolute atomic E-state index is 11.3. The zero-order valence-corrected chi connectivity index (χ0v) is 13.2. The fraction of sp³-hybridized carbons (Fsp3) is 0.333. The minimum Gasteiger partial charge on any atom is -0.300 e. The molecule has 0 spiro atoms. The molecule has 0 unspecified atom stereocenters. The molecule has 0 amide bonds. The molecular formula is C15H17BrN2O. The summed E-state index contributed by atoms with van der Waals surface area (Å²) < 4.78 is 2.74. The second-order valence-corrected chi connectivity index (χ2v) is 5.62. The van der Waals surface area contributed by atoms with Gasteiger partial charge in [0.15, 0.2) is 0 Å². The van der Waals surface area contributed by atoms with Gasteiger partial charge in [-0.1, -0.05) is 12.1 Å². The standard InChI is InChI=1S/C15H17BrN2O/c1-9-6-5-7-14(11(9)3)18-15(16)13(8-10(2)19)12(4)17-18/h5-7H,8H2,1-4H3. The Kier molecular flexibility index (Phi) is 3.90. The molecule has 19 heavy (non-hydrogen) atoms. The molecule has 100 valence electrons.